The number of nitriles is 2. The molecule has 0 atom stereocenters. The zero-order valence-corrected chi connectivity index (χ0v) is 24.5. The lowest BCUT2D eigenvalue weighted by Crippen LogP contribution is -2.25. The molecule has 2 N–H and O–H groups in total. The van der Waals surface area contributed by atoms with Crippen LogP contribution in [0.15, 0.2) is 58.9 Å². The molecule has 2 heterocycles. The molecule has 2 aromatic heterocycles. The summed E-state index contributed by atoms with van der Waals surface area (Å²) in [5.74, 6) is 0.773. The minimum absolute atomic E-state index is 0.0579. The van der Waals surface area contributed by atoms with Gasteiger partial charge in [-0.05, 0) is 38.7 Å². The van der Waals surface area contributed by atoms with Crippen molar-refractivity contribution in [1.29, 1.82) is 10.5 Å². The number of aryl methyl sites for hydroxylation is 1. The monoisotopic (exact) mass is 584 g/mol. The van der Waals surface area contributed by atoms with Crippen LogP contribution in [0.4, 0.5) is 5.82 Å². The zero-order valence-electron chi connectivity index (χ0n) is 22.9. The Morgan fingerprint density at radius 1 is 1.00 bits per heavy atom. The molecule has 41 heavy (non-hydrogen) atoms. The number of benzene rings is 2. The summed E-state index contributed by atoms with van der Waals surface area (Å²) >= 11 is 2.91. The molecule has 0 spiro atoms. The lowest BCUT2D eigenvalue weighted by Gasteiger charge is -2.13. The number of anilines is 1. The zero-order chi connectivity index (χ0) is 29.4. The smallest absolute Gasteiger partial charge is 0.320 e. The normalized spacial score (nSPS) is 10.7. The van der Waals surface area contributed by atoms with Gasteiger partial charge in [0.2, 0.25) is 0 Å². The van der Waals surface area contributed by atoms with E-state index in [-0.39, 0.29) is 42.7 Å². The van der Waals surface area contributed by atoms with Crippen LogP contribution in [-0.2, 0) is 15.3 Å². The lowest BCUT2D eigenvalue weighted by molar-refractivity contribution is -0.145. The van der Waals surface area contributed by atoms with E-state index in [1.807, 2.05) is 24.4 Å². The largest absolute Gasteiger partial charge is 0.490 e. The minimum Gasteiger partial charge on any atom is -0.490 e. The van der Waals surface area contributed by atoms with E-state index in [2.05, 4.69) is 29.3 Å². The van der Waals surface area contributed by atoms with Crippen LogP contribution in [0.3, 0.4) is 0 Å². The van der Waals surface area contributed by atoms with Crippen molar-refractivity contribution in [2.24, 2.45) is 0 Å². The molecule has 0 saturated heterocycles. The summed E-state index contributed by atoms with van der Waals surface area (Å²) in [5, 5.41) is 23.3. The highest BCUT2D eigenvalue weighted by Gasteiger charge is 2.21. The van der Waals surface area contributed by atoms with Gasteiger partial charge in [0.15, 0.2) is 0 Å². The van der Waals surface area contributed by atoms with E-state index in [0.29, 0.717) is 27.7 Å². The third-order valence-corrected chi connectivity index (χ3v) is 7.78. The highest BCUT2D eigenvalue weighted by atomic mass is 32.2. The maximum absolute atomic E-state index is 11.6. The maximum Gasteiger partial charge on any atom is 0.320 e. The van der Waals surface area contributed by atoms with E-state index in [4.69, 9.17) is 20.2 Å². The molecule has 0 saturated carbocycles. The summed E-state index contributed by atoms with van der Waals surface area (Å²) in [6.07, 6.45) is 0. The summed E-state index contributed by atoms with van der Waals surface area (Å²) in [5.41, 5.74) is 10.8. The van der Waals surface area contributed by atoms with Gasteiger partial charge in [-0.2, -0.15) is 10.5 Å². The van der Waals surface area contributed by atoms with Gasteiger partial charge in [0.25, 0.3) is 0 Å². The van der Waals surface area contributed by atoms with Crippen LogP contribution in [0, 0.1) is 29.6 Å². The van der Waals surface area contributed by atoms with Gasteiger partial charge in [-0.15, -0.1) is 11.3 Å². The van der Waals surface area contributed by atoms with Gasteiger partial charge >= 0.3 is 5.97 Å². The maximum atomic E-state index is 11.6. The number of pyridine rings is 1. The standard InChI is InChI=1S/C30H28N6O3S2/c1-19-4-6-21(7-5-19)29-34-22(17-40-29)18-41-30-25(15-32)27(24(14-31)28(33)35-30)20-8-10-23(11-9-20)38-12-13-39-26(37)16-36(2)3/h4-11,17H,12-13,16,18H2,1-3H3,(H2,33,35). The Morgan fingerprint density at radius 2 is 1.68 bits per heavy atom. The molecule has 208 valence electrons. The Morgan fingerprint density at radius 3 is 2.34 bits per heavy atom. The van der Waals surface area contributed by atoms with Crippen molar-refractivity contribution in [3.8, 4) is 39.6 Å². The molecule has 4 rings (SSSR count). The molecule has 4 aromatic rings. The highest BCUT2D eigenvalue weighted by molar-refractivity contribution is 7.98. The average Bonchev–Trinajstić information content (AvgIpc) is 3.43. The second-order valence-corrected chi connectivity index (χ2v) is 11.1. The average molecular weight is 585 g/mol. The van der Waals surface area contributed by atoms with Crippen LogP contribution < -0.4 is 10.5 Å². The first-order chi connectivity index (χ1) is 19.8. The number of hydrogen-bond donors (Lipinski definition) is 1. The van der Waals surface area contributed by atoms with E-state index in [1.165, 1.54) is 17.3 Å². The predicted molar refractivity (Wildman–Crippen MR) is 160 cm³/mol. The molecule has 0 radical (unpaired) electrons. The quantitative estimate of drug-likeness (QED) is 0.141. The number of ether oxygens (including phenoxy) is 2. The van der Waals surface area contributed by atoms with Gasteiger partial charge in [0, 0.05) is 22.3 Å². The van der Waals surface area contributed by atoms with Gasteiger partial charge in [-0.3, -0.25) is 9.69 Å². The Balaban J connectivity index is 1.49. The number of thioether (sulfide) groups is 1. The second kappa shape index (κ2) is 13.8. The number of hydrogen-bond acceptors (Lipinski definition) is 11. The number of nitrogens with two attached hydrogens (primary N) is 1. The van der Waals surface area contributed by atoms with E-state index in [9.17, 15) is 15.3 Å². The third-order valence-electron chi connectivity index (χ3n) is 5.83. The molecule has 0 amide bonds. The topological polar surface area (TPSA) is 138 Å². The van der Waals surface area contributed by atoms with Crippen molar-refractivity contribution < 1.29 is 14.3 Å². The van der Waals surface area contributed by atoms with E-state index in [0.717, 1.165) is 16.3 Å². The Labute approximate surface area is 247 Å². The van der Waals surface area contributed by atoms with Crippen molar-refractivity contribution in [2.75, 3.05) is 39.6 Å². The SMILES string of the molecule is Cc1ccc(-c2nc(CSc3nc(N)c(C#N)c(-c4ccc(OCCOC(=O)CN(C)C)cc4)c3C#N)cs2)cc1. The van der Waals surface area contributed by atoms with Crippen molar-refractivity contribution in [1.82, 2.24) is 14.9 Å². The van der Waals surface area contributed by atoms with Gasteiger partial charge in [0.05, 0.1) is 17.8 Å². The first-order valence-electron chi connectivity index (χ1n) is 12.6. The van der Waals surface area contributed by atoms with Gasteiger partial charge < -0.3 is 15.2 Å². The molecule has 0 fully saturated rings. The minimum atomic E-state index is -0.326. The third kappa shape index (κ3) is 7.62. The number of carbonyl (C=O) groups is 1. The van der Waals surface area contributed by atoms with Gasteiger partial charge in [0.1, 0.15) is 52.5 Å². The van der Waals surface area contributed by atoms with Crippen LogP contribution in [0.1, 0.15) is 22.4 Å². The molecule has 0 aliphatic rings. The molecule has 2 aromatic carbocycles. The Kier molecular flexibility index (Phi) is 9.93. The number of nitrogens with zero attached hydrogens (tertiary/aromatic N) is 5. The summed E-state index contributed by atoms with van der Waals surface area (Å²) in [4.78, 5) is 22.5. The fourth-order valence-electron chi connectivity index (χ4n) is 3.87. The predicted octanol–water partition coefficient (Wildman–Crippen LogP) is 5.28. The van der Waals surface area contributed by atoms with E-state index < -0.39 is 0 Å². The molecule has 0 unspecified atom stereocenters. The van der Waals surface area contributed by atoms with Gasteiger partial charge in [-0.25, -0.2) is 9.97 Å². The van der Waals surface area contributed by atoms with Crippen LogP contribution >= 0.6 is 23.1 Å². The summed E-state index contributed by atoms with van der Waals surface area (Å²) in [6.45, 7) is 2.56. The number of esters is 1. The number of likely N-dealkylation sites (N-methyl/N-ethyl adjacent to an activating group) is 1. The number of carbonyl (C=O) groups excluding carboxylic acids is 1. The number of rotatable bonds is 11. The summed E-state index contributed by atoms with van der Waals surface area (Å²) in [6, 6.07) is 19.5. The molecule has 0 aliphatic heterocycles. The molecule has 0 aliphatic carbocycles. The molecule has 11 heteroatoms. The number of thiazole rings is 1. The summed E-state index contributed by atoms with van der Waals surface area (Å²) < 4.78 is 10.8. The van der Waals surface area contributed by atoms with Crippen molar-refractivity contribution in [3.63, 3.8) is 0 Å². The summed E-state index contributed by atoms with van der Waals surface area (Å²) in [7, 11) is 3.58. The first kappa shape index (κ1) is 29.6. The molecule has 0 bridgehead atoms. The molecular weight excluding hydrogens is 557 g/mol. The van der Waals surface area contributed by atoms with Crippen molar-refractivity contribution >= 4 is 34.9 Å². The number of aromatic nitrogens is 2. The van der Waals surface area contributed by atoms with E-state index >= 15 is 0 Å². The van der Waals surface area contributed by atoms with Crippen molar-refractivity contribution in [3.05, 3.63) is 76.3 Å². The van der Waals surface area contributed by atoms with Crippen molar-refractivity contribution in [2.45, 2.75) is 17.7 Å². The van der Waals surface area contributed by atoms with E-state index in [1.54, 1.807) is 54.6 Å². The number of nitrogen functional groups attached to an aromatic ring is 1. The molecular formula is C30H28N6O3S2. The second-order valence-electron chi connectivity index (χ2n) is 9.28. The van der Waals surface area contributed by atoms with Gasteiger partial charge in [-0.1, -0.05) is 53.7 Å². The van der Waals surface area contributed by atoms with Crippen LogP contribution in [0.25, 0.3) is 21.7 Å². The van der Waals surface area contributed by atoms with Crippen LogP contribution in [0.2, 0.25) is 0 Å². The highest BCUT2D eigenvalue weighted by Crippen LogP contribution is 2.37. The molecule has 9 nitrogen and oxygen atoms in total. The fourth-order valence-corrected chi connectivity index (χ4v) is 5.69. The Bertz CT molecular complexity index is 1600. The first-order valence-corrected chi connectivity index (χ1v) is 14.5. The Hall–Kier alpha value is -4.42. The van der Waals surface area contributed by atoms with Crippen LogP contribution in [-0.4, -0.2) is 54.7 Å². The van der Waals surface area contributed by atoms with Crippen LogP contribution in [0.5, 0.6) is 5.75 Å². The lowest BCUT2D eigenvalue weighted by atomic mass is 9.97. The fraction of sp³-hybridized carbons (Fsp3) is 0.233.